The van der Waals surface area contributed by atoms with Gasteiger partial charge in [-0.25, -0.2) is 9.37 Å². The summed E-state index contributed by atoms with van der Waals surface area (Å²) in [5.41, 5.74) is -0.0226. The van der Waals surface area contributed by atoms with Gasteiger partial charge in [-0.3, -0.25) is 9.59 Å². The number of amides is 2. The van der Waals surface area contributed by atoms with Gasteiger partial charge in [0, 0.05) is 38.8 Å². The third-order valence-electron chi connectivity index (χ3n) is 7.80. The molecule has 3 aliphatic heterocycles. The van der Waals surface area contributed by atoms with Crippen LogP contribution in [0.1, 0.15) is 30.6 Å². The number of carbonyl (C=O) groups excluding carboxylic acids is 2. The maximum Gasteiger partial charge on any atom is 0.261 e. The molecule has 0 radical (unpaired) electrons. The lowest BCUT2D eigenvalue weighted by Gasteiger charge is -2.40. The Balaban J connectivity index is 1.71. The van der Waals surface area contributed by atoms with Gasteiger partial charge in [0.15, 0.2) is 5.75 Å². The number of rotatable bonds is 5. The lowest BCUT2D eigenvalue weighted by atomic mass is 9.99. The highest BCUT2D eigenvalue weighted by Crippen LogP contribution is 2.48. The van der Waals surface area contributed by atoms with Gasteiger partial charge in [-0.15, -0.1) is 0 Å². The Bertz CT molecular complexity index is 1340. The SMILES string of the molecule is C=CC(=O)N1CCN2C(=O)c3c(N4CC(OC)CC4(C)C)nc(-c4c(F)cccc4OC)c(Cl)c3OC[C@H]2C1. The molecular formula is C28H32ClFN4O5. The molecule has 2 saturated heterocycles. The van der Waals surface area contributed by atoms with Crippen molar-refractivity contribution in [1.29, 1.82) is 0 Å². The van der Waals surface area contributed by atoms with E-state index in [0.717, 1.165) is 0 Å². The first-order valence-corrected chi connectivity index (χ1v) is 13.2. The summed E-state index contributed by atoms with van der Waals surface area (Å²) < 4.78 is 32.7. The summed E-state index contributed by atoms with van der Waals surface area (Å²) in [7, 11) is 3.09. The van der Waals surface area contributed by atoms with Crippen molar-refractivity contribution in [2.75, 3.05) is 51.9 Å². The molecule has 39 heavy (non-hydrogen) atoms. The van der Waals surface area contributed by atoms with E-state index >= 15 is 4.39 Å². The molecule has 1 unspecified atom stereocenters. The molecule has 3 aliphatic rings. The second-order valence-corrected chi connectivity index (χ2v) is 10.9. The highest BCUT2D eigenvalue weighted by molar-refractivity contribution is 6.35. The zero-order chi connectivity index (χ0) is 28.1. The molecule has 2 amide bonds. The topological polar surface area (TPSA) is 84.4 Å². The number of hydrogen-bond acceptors (Lipinski definition) is 7. The number of aromatic nitrogens is 1. The van der Waals surface area contributed by atoms with E-state index < -0.39 is 17.4 Å². The Morgan fingerprint density at radius 2 is 2.03 bits per heavy atom. The van der Waals surface area contributed by atoms with Crippen LogP contribution < -0.4 is 14.4 Å². The Labute approximate surface area is 232 Å². The van der Waals surface area contributed by atoms with E-state index in [9.17, 15) is 9.59 Å². The molecule has 2 aromatic rings. The second kappa shape index (κ2) is 10.3. The lowest BCUT2D eigenvalue weighted by Crippen LogP contribution is -2.57. The molecule has 0 spiro atoms. The Morgan fingerprint density at radius 1 is 1.26 bits per heavy atom. The number of nitrogens with zero attached hydrogens (tertiary/aromatic N) is 4. The summed E-state index contributed by atoms with van der Waals surface area (Å²) in [6.45, 7) is 9.20. The van der Waals surface area contributed by atoms with Crippen LogP contribution in [0.25, 0.3) is 11.3 Å². The monoisotopic (exact) mass is 558 g/mol. The first-order chi connectivity index (χ1) is 18.6. The van der Waals surface area contributed by atoms with E-state index in [1.807, 2.05) is 18.7 Å². The summed E-state index contributed by atoms with van der Waals surface area (Å²) in [5, 5.41) is 0.0182. The molecule has 1 aromatic heterocycles. The Morgan fingerprint density at radius 3 is 2.69 bits per heavy atom. The maximum atomic E-state index is 15.3. The average molecular weight is 559 g/mol. The Kier molecular flexibility index (Phi) is 7.19. The van der Waals surface area contributed by atoms with Gasteiger partial charge in [0.05, 0.1) is 24.8 Å². The van der Waals surface area contributed by atoms with Gasteiger partial charge in [0.25, 0.3) is 5.91 Å². The third-order valence-corrected chi connectivity index (χ3v) is 8.16. The van der Waals surface area contributed by atoms with E-state index in [0.29, 0.717) is 38.4 Å². The molecule has 0 bridgehead atoms. The van der Waals surface area contributed by atoms with Crippen molar-refractivity contribution in [1.82, 2.24) is 14.8 Å². The minimum absolute atomic E-state index is 0.0182. The molecule has 9 nitrogen and oxygen atoms in total. The first kappa shape index (κ1) is 27.2. The van der Waals surface area contributed by atoms with E-state index in [-0.39, 0.29) is 57.9 Å². The summed E-state index contributed by atoms with van der Waals surface area (Å²) in [6.07, 6.45) is 1.86. The number of hydrogen-bond donors (Lipinski definition) is 0. The van der Waals surface area contributed by atoms with Crippen LogP contribution in [0, 0.1) is 5.82 Å². The standard InChI is InChI=1S/C28H32ClFN4O5/c1-6-20(35)32-10-11-33-16(13-32)15-39-25-22(27(33)36)26(34-14-17(37-4)12-28(34,2)3)31-24(23(25)29)21-18(30)8-7-9-19(21)38-5/h6-9,16-17H,1,10-15H2,2-5H3/t16-,17?/m1/s1. The number of fused-ring (bicyclic) bond motifs is 2. The van der Waals surface area contributed by atoms with Crippen LogP contribution in [0.5, 0.6) is 11.5 Å². The van der Waals surface area contributed by atoms with Crippen molar-refractivity contribution in [2.24, 2.45) is 0 Å². The molecule has 11 heteroatoms. The minimum atomic E-state index is -0.568. The number of halogens is 2. The highest BCUT2D eigenvalue weighted by atomic mass is 35.5. The largest absolute Gasteiger partial charge is 0.496 e. The fourth-order valence-corrected chi connectivity index (χ4v) is 6.04. The van der Waals surface area contributed by atoms with Crippen LogP contribution in [0.2, 0.25) is 5.02 Å². The van der Waals surface area contributed by atoms with Crippen LogP contribution >= 0.6 is 11.6 Å². The van der Waals surface area contributed by atoms with Crippen molar-refractivity contribution in [2.45, 2.75) is 38.0 Å². The van der Waals surface area contributed by atoms with E-state index in [1.54, 1.807) is 23.0 Å². The van der Waals surface area contributed by atoms with Crippen molar-refractivity contribution < 1.29 is 28.2 Å². The summed E-state index contributed by atoms with van der Waals surface area (Å²) in [6, 6.07) is 4.06. The summed E-state index contributed by atoms with van der Waals surface area (Å²) >= 11 is 6.90. The van der Waals surface area contributed by atoms with Gasteiger partial charge >= 0.3 is 0 Å². The predicted octanol–water partition coefficient (Wildman–Crippen LogP) is 3.78. The maximum absolute atomic E-state index is 15.3. The number of benzene rings is 1. The first-order valence-electron chi connectivity index (χ1n) is 12.8. The number of carbonyl (C=O) groups is 2. The van der Waals surface area contributed by atoms with Crippen LogP contribution in [0.4, 0.5) is 10.2 Å². The minimum Gasteiger partial charge on any atom is -0.496 e. The fraction of sp³-hybridized carbons (Fsp3) is 0.464. The van der Waals surface area contributed by atoms with Gasteiger partial charge < -0.3 is 28.9 Å². The van der Waals surface area contributed by atoms with Crippen molar-refractivity contribution in [3.8, 4) is 22.8 Å². The number of ether oxygens (including phenoxy) is 3. The molecule has 4 heterocycles. The second-order valence-electron chi connectivity index (χ2n) is 10.6. The molecule has 2 fully saturated rings. The highest BCUT2D eigenvalue weighted by Gasteiger charge is 2.45. The zero-order valence-corrected chi connectivity index (χ0v) is 23.3. The average Bonchev–Trinajstić information content (AvgIpc) is 3.16. The predicted molar refractivity (Wildman–Crippen MR) is 145 cm³/mol. The van der Waals surface area contributed by atoms with Gasteiger partial charge in [-0.05, 0) is 38.5 Å². The van der Waals surface area contributed by atoms with Crippen LogP contribution in [-0.2, 0) is 9.53 Å². The number of piperazine rings is 1. The molecule has 1 aromatic carbocycles. The van der Waals surface area contributed by atoms with Crippen molar-refractivity contribution in [3.63, 3.8) is 0 Å². The summed E-state index contributed by atoms with van der Waals surface area (Å²) in [5.74, 6) is -0.342. The van der Waals surface area contributed by atoms with E-state index in [1.165, 1.54) is 25.3 Å². The van der Waals surface area contributed by atoms with Gasteiger partial charge in [0.1, 0.15) is 40.3 Å². The molecular weight excluding hydrogens is 527 g/mol. The number of methoxy groups -OCH3 is 2. The zero-order valence-electron chi connectivity index (χ0n) is 22.5. The Hall–Kier alpha value is -3.37. The molecule has 0 saturated carbocycles. The lowest BCUT2D eigenvalue weighted by molar-refractivity contribution is -0.128. The van der Waals surface area contributed by atoms with Crippen LogP contribution in [0.15, 0.2) is 30.9 Å². The van der Waals surface area contributed by atoms with Crippen LogP contribution in [-0.4, -0.2) is 91.3 Å². The molecule has 5 rings (SSSR count). The van der Waals surface area contributed by atoms with Crippen molar-refractivity contribution in [3.05, 3.63) is 47.3 Å². The van der Waals surface area contributed by atoms with Gasteiger partial charge in [-0.1, -0.05) is 24.2 Å². The van der Waals surface area contributed by atoms with Gasteiger partial charge in [-0.2, -0.15) is 0 Å². The number of anilines is 1. The van der Waals surface area contributed by atoms with E-state index in [2.05, 4.69) is 6.58 Å². The number of pyridine rings is 1. The molecule has 2 atom stereocenters. The quantitative estimate of drug-likeness (QED) is 0.516. The molecule has 0 aliphatic carbocycles. The van der Waals surface area contributed by atoms with E-state index in [4.69, 9.17) is 30.8 Å². The molecule has 208 valence electrons. The summed E-state index contributed by atoms with van der Waals surface area (Å²) in [4.78, 5) is 36.7. The fourth-order valence-electron chi connectivity index (χ4n) is 5.75. The normalized spacial score (nSPS) is 22.1. The molecule has 0 N–H and O–H groups in total. The van der Waals surface area contributed by atoms with Crippen molar-refractivity contribution >= 4 is 29.2 Å². The van der Waals surface area contributed by atoms with Gasteiger partial charge in [0.2, 0.25) is 5.91 Å². The third kappa shape index (κ3) is 4.59. The smallest absolute Gasteiger partial charge is 0.261 e. The van der Waals surface area contributed by atoms with Crippen LogP contribution in [0.3, 0.4) is 0 Å².